The maximum Gasteiger partial charge on any atom is 0.220 e. The summed E-state index contributed by atoms with van der Waals surface area (Å²) in [5, 5.41) is 0. The average molecular weight is 334 g/mol. The molecule has 4 heteroatoms. The topological polar surface area (TPSA) is 69.1 Å². The first kappa shape index (κ1) is 17.0. The zero-order valence-electron chi connectivity index (χ0n) is 14.3. The number of amides is 1. The lowest BCUT2D eigenvalue weighted by molar-refractivity contribution is -0.121. The van der Waals surface area contributed by atoms with Crippen LogP contribution in [0.1, 0.15) is 25.7 Å². The number of hydrogen-bond donors (Lipinski definition) is 1. The highest BCUT2D eigenvalue weighted by Gasteiger charge is 2.17. The second-order valence-electron chi connectivity index (χ2n) is 6.21. The minimum Gasteiger partial charge on any atom is -0.440 e. The summed E-state index contributed by atoms with van der Waals surface area (Å²) in [6.45, 7) is 1.85. The highest BCUT2D eigenvalue weighted by molar-refractivity contribution is 5.77. The van der Waals surface area contributed by atoms with E-state index in [0.717, 1.165) is 35.4 Å². The van der Waals surface area contributed by atoms with E-state index in [9.17, 15) is 4.79 Å². The number of nitrogens with two attached hydrogens (primary N) is 1. The van der Waals surface area contributed by atoms with Crippen LogP contribution in [0, 0.1) is 5.92 Å². The van der Waals surface area contributed by atoms with Crippen LogP contribution in [0.15, 0.2) is 65.1 Å². The number of carbonyl (C=O) groups excluding carboxylic acids is 1. The molecule has 2 N–H and O–H groups in total. The van der Waals surface area contributed by atoms with Gasteiger partial charge in [0.05, 0.1) is 0 Å². The Morgan fingerprint density at radius 2 is 1.64 bits per heavy atom. The Morgan fingerprint density at radius 3 is 2.24 bits per heavy atom. The molecule has 25 heavy (non-hydrogen) atoms. The van der Waals surface area contributed by atoms with Crippen LogP contribution in [0.2, 0.25) is 0 Å². The van der Waals surface area contributed by atoms with Crippen LogP contribution in [-0.4, -0.2) is 10.9 Å². The Bertz CT molecular complexity index is 769. The molecule has 1 atom stereocenters. The van der Waals surface area contributed by atoms with Crippen molar-refractivity contribution < 1.29 is 9.21 Å². The van der Waals surface area contributed by atoms with Crippen molar-refractivity contribution in [1.82, 2.24) is 4.98 Å². The molecule has 3 aromatic rings. The van der Waals surface area contributed by atoms with E-state index in [1.54, 1.807) is 0 Å². The van der Waals surface area contributed by atoms with Crippen LogP contribution in [0.3, 0.4) is 0 Å². The SMILES string of the molecule is CC(CCCc1nc(-c2ccccc2)c(-c2ccccc2)o1)C(N)=O. The van der Waals surface area contributed by atoms with Gasteiger partial charge in [0, 0.05) is 23.5 Å². The molecule has 0 aliphatic carbocycles. The van der Waals surface area contributed by atoms with Gasteiger partial charge in [0.25, 0.3) is 0 Å². The van der Waals surface area contributed by atoms with E-state index >= 15 is 0 Å². The Labute approximate surface area is 147 Å². The summed E-state index contributed by atoms with van der Waals surface area (Å²) in [7, 11) is 0. The normalized spacial score (nSPS) is 12.0. The Balaban J connectivity index is 1.86. The lowest BCUT2D eigenvalue weighted by Gasteiger charge is -2.04. The molecule has 1 amide bonds. The molecule has 4 nitrogen and oxygen atoms in total. The van der Waals surface area contributed by atoms with Gasteiger partial charge in [-0.05, 0) is 12.8 Å². The number of carbonyl (C=O) groups is 1. The predicted molar refractivity (Wildman–Crippen MR) is 98.7 cm³/mol. The summed E-state index contributed by atoms with van der Waals surface area (Å²) >= 11 is 0. The molecule has 3 rings (SSSR count). The van der Waals surface area contributed by atoms with Crippen LogP contribution in [0.5, 0.6) is 0 Å². The van der Waals surface area contributed by atoms with Crippen molar-refractivity contribution in [3.63, 3.8) is 0 Å². The Hall–Kier alpha value is -2.88. The van der Waals surface area contributed by atoms with Crippen LogP contribution in [-0.2, 0) is 11.2 Å². The smallest absolute Gasteiger partial charge is 0.220 e. The van der Waals surface area contributed by atoms with Crippen molar-refractivity contribution in [2.45, 2.75) is 26.2 Å². The van der Waals surface area contributed by atoms with Gasteiger partial charge >= 0.3 is 0 Å². The lowest BCUT2D eigenvalue weighted by atomic mass is 10.0. The zero-order valence-corrected chi connectivity index (χ0v) is 14.3. The summed E-state index contributed by atoms with van der Waals surface area (Å²) in [4.78, 5) is 15.9. The summed E-state index contributed by atoms with van der Waals surface area (Å²) in [5.41, 5.74) is 8.20. The quantitative estimate of drug-likeness (QED) is 0.694. The maximum absolute atomic E-state index is 11.2. The number of benzene rings is 2. The van der Waals surface area contributed by atoms with Crippen molar-refractivity contribution in [3.8, 4) is 22.6 Å². The fourth-order valence-corrected chi connectivity index (χ4v) is 2.75. The zero-order chi connectivity index (χ0) is 17.6. The van der Waals surface area contributed by atoms with Gasteiger partial charge in [-0.2, -0.15) is 0 Å². The number of aryl methyl sites for hydroxylation is 1. The van der Waals surface area contributed by atoms with Crippen LogP contribution in [0.4, 0.5) is 0 Å². The fourth-order valence-electron chi connectivity index (χ4n) is 2.75. The van der Waals surface area contributed by atoms with E-state index in [4.69, 9.17) is 15.1 Å². The second-order valence-corrected chi connectivity index (χ2v) is 6.21. The third kappa shape index (κ3) is 4.15. The first-order valence-corrected chi connectivity index (χ1v) is 8.55. The Morgan fingerprint density at radius 1 is 1.04 bits per heavy atom. The minimum atomic E-state index is -0.262. The molecule has 2 aromatic carbocycles. The van der Waals surface area contributed by atoms with E-state index in [0.29, 0.717) is 12.3 Å². The standard InChI is InChI=1S/C21H22N2O2/c1-15(21(22)24)9-8-14-18-23-19(16-10-4-2-5-11-16)20(25-18)17-12-6-3-7-13-17/h2-7,10-13,15H,8-9,14H2,1H3,(H2,22,24). The van der Waals surface area contributed by atoms with Crippen LogP contribution >= 0.6 is 0 Å². The van der Waals surface area contributed by atoms with Crippen molar-refractivity contribution in [1.29, 1.82) is 0 Å². The number of rotatable bonds is 7. The van der Waals surface area contributed by atoms with E-state index in [1.165, 1.54) is 0 Å². The van der Waals surface area contributed by atoms with Gasteiger partial charge in [0.15, 0.2) is 11.7 Å². The molecule has 1 heterocycles. The molecule has 0 saturated heterocycles. The Kier molecular flexibility index (Phi) is 5.29. The minimum absolute atomic E-state index is 0.128. The second kappa shape index (κ2) is 7.79. The van der Waals surface area contributed by atoms with Gasteiger partial charge in [-0.15, -0.1) is 0 Å². The molecular formula is C21H22N2O2. The molecular weight excluding hydrogens is 312 g/mol. The molecule has 0 radical (unpaired) electrons. The van der Waals surface area contributed by atoms with Crippen molar-refractivity contribution in [3.05, 3.63) is 66.6 Å². The predicted octanol–water partition coefficient (Wildman–Crippen LogP) is 4.45. The molecule has 0 bridgehead atoms. The van der Waals surface area contributed by atoms with Gasteiger partial charge in [-0.3, -0.25) is 4.79 Å². The molecule has 0 aliphatic heterocycles. The van der Waals surface area contributed by atoms with E-state index in [-0.39, 0.29) is 11.8 Å². The summed E-state index contributed by atoms with van der Waals surface area (Å²) < 4.78 is 6.07. The lowest BCUT2D eigenvalue weighted by Crippen LogP contribution is -2.20. The molecule has 1 unspecified atom stereocenters. The molecule has 0 spiro atoms. The highest BCUT2D eigenvalue weighted by Crippen LogP contribution is 2.33. The van der Waals surface area contributed by atoms with Crippen molar-refractivity contribution in [2.24, 2.45) is 11.7 Å². The molecule has 0 fully saturated rings. The number of hydrogen-bond acceptors (Lipinski definition) is 3. The van der Waals surface area contributed by atoms with Gasteiger partial charge in [-0.25, -0.2) is 4.98 Å². The van der Waals surface area contributed by atoms with Gasteiger partial charge in [0.2, 0.25) is 5.91 Å². The van der Waals surface area contributed by atoms with Crippen molar-refractivity contribution in [2.75, 3.05) is 0 Å². The van der Waals surface area contributed by atoms with Crippen molar-refractivity contribution >= 4 is 5.91 Å². The maximum atomic E-state index is 11.2. The number of nitrogens with zero attached hydrogens (tertiary/aromatic N) is 1. The van der Waals surface area contributed by atoms with Gasteiger partial charge in [-0.1, -0.05) is 67.6 Å². The number of oxazole rings is 1. The number of primary amides is 1. The van der Waals surface area contributed by atoms with E-state index < -0.39 is 0 Å². The first-order chi connectivity index (χ1) is 12.1. The molecule has 0 aliphatic rings. The van der Waals surface area contributed by atoms with E-state index in [2.05, 4.69) is 0 Å². The monoisotopic (exact) mass is 334 g/mol. The molecule has 128 valence electrons. The largest absolute Gasteiger partial charge is 0.440 e. The molecule has 1 aromatic heterocycles. The van der Waals surface area contributed by atoms with Crippen LogP contribution < -0.4 is 5.73 Å². The van der Waals surface area contributed by atoms with Crippen LogP contribution in [0.25, 0.3) is 22.6 Å². The summed E-state index contributed by atoms with van der Waals surface area (Å²) in [5.74, 6) is 1.08. The number of aromatic nitrogens is 1. The van der Waals surface area contributed by atoms with Gasteiger partial charge < -0.3 is 10.2 Å². The fraction of sp³-hybridized carbons (Fsp3) is 0.238. The average Bonchev–Trinajstić information content (AvgIpc) is 3.07. The summed E-state index contributed by atoms with van der Waals surface area (Å²) in [6, 6.07) is 20.0. The molecule has 0 saturated carbocycles. The third-order valence-corrected chi connectivity index (χ3v) is 4.27. The summed E-state index contributed by atoms with van der Waals surface area (Å²) in [6.07, 6.45) is 2.23. The van der Waals surface area contributed by atoms with Gasteiger partial charge in [0.1, 0.15) is 5.69 Å². The highest BCUT2D eigenvalue weighted by atomic mass is 16.4. The first-order valence-electron chi connectivity index (χ1n) is 8.55. The third-order valence-electron chi connectivity index (χ3n) is 4.27. The van der Waals surface area contributed by atoms with E-state index in [1.807, 2.05) is 67.6 Å².